The molecule has 1 aromatic carbocycles. The monoisotopic (exact) mass is 279 g/mol. The van der Waals surface area contributed by atoms with Crippen LogP contribution in [0.1, 0.15) is 19.8 Å². The third kappa shape index (κ3) is 2.81. The van der Waals surface area contributed by atoms with Crippen LogP contribution in [0.15, 0.2) is 24.3 Å². The maximum Gasteiger partial charge on any atom is 0.307 e. The van der Waals surface area contributed by atoms with Crippen LogP contribution in [0.25, 0.3) is 0 Å². The molecular formula is C15H18FNO3. The molecule has 1 fully saturated rings. The topological polar surface area (TPSA) is 57.6 Å². The van der Waals surface area contributed by atoms with Crippen molar-refractivity contribution in [2.24, 2.45) is 17.8 Å². The Kier molecular flexibility index (Phi) is 4.06. The van der Waals surface area contributed by atoms with Gasteiger partial charge in [-0.2, -0.15) is 0 Å². The Bertz CT molecular complexity index is 514. The van der Waals surface area contributed by atoms with Crippen LogP contribution in [-0.2, 0) is 9.59 Å². The lowest BCUT2D eigenvalue weighted by molar-refractivity contribution is -0.145. The van der Waals surface area contributed by atoms with Gasteiger partial charge in [-0.05, 0) is 43.0 Å². The molecule has 1 amide bonds. The molecule has 1 aliphatic carbocycles. The zero-order valence-corrected chi connectivity index (χ0v) is 11.5. The third-order valence-electron chi connectivity index (χ3n) is 3.98. The molecule has 0 bridgehead atoms. The van der Waals surface area contributed by atoms with Crippen LogP contribution in [0.5, 0.6) is 0 Å². The average molecular weight is 279 g/mol. The van der Waals surface area contributed by atoms with Crippen molar-refractivity contribution in [1.82, 2.24) is 0 Å². The third-order valence-corrected chi connectivity index (χ3v) is 3.98. The summed E-state index contributed by atoms with van der Waals surface area (Å²) < 4.78 is 12.9. The molecule has 0 aliphatic heterocycles. The lowest BCUT2D eigenvalue weighted by atomic mass is 9.94. The van der Waals surface area contributed by atoms with Gasteiger partial charge in [0.25, 0.3) is 0 Å². The van der Waals surface area contributed by atoms with Gasteiger partial charge < -0.3 is 10.0 Å². The highest BCUT2D eigenvalue weighted by atomic mass is 19.1. The van der Waals surface area contributed by atoms with Gasteiger partial charge in [-0.3, -0.25) is 9.59 Å². The quantitative estimate of drug-likeness (QED) is 0.925. The lowest BCUT2D eigenvalue weighted by Crippen LogP contribution is -2.36. The van der Waals surface area contributed by atoms with Crippen molar-refractivity contribution in [3.63, 3.8) is 0 Å². The molecule has 1 N–H and O–H groups in total. The van der Waals surface area contributed by atoms with Crippen LogP contribution in [0.3, 0.4) is 0 Å². The van der Waals surface area contributed by atoms with Gasteiger partial charge in [0.05, 0.1) is 11.8 Å². The van der Waals surface area contributed by atoms with Crippen LogP contribution in [0.2, 0.25) is 0 Å². The molecule has 1 saturated carbocycles. The summed E-state index contributed by atoms with van der Waals surface area (Å²) in [4.78, 5) is 25.1. The number of carboxylic acids is 1. The Morgan fingerprint density at radius 1 is 1.20 bits per heavy atom. The molecule has 2 rings (SSSR count). The number of amides is 1. The molecular weight excluding hydrogens is 261 g/mol. The van der Waals surface area contributed by atoms with Gasteiger partial charge in [0.2, 0.25) is 5.91 Å². The summed E-state index contributed by atoms with van der Waals surface area (Å²) in [6.45, 7) is 1.96. The molecule has 0 radical (unpaired) electrons. The van der Waals surface area contributed by atoms with E-state index in [-0.39, 0.29) is 17.6 Å². The number of carbonyl (C=O) groups is 2. The number of benzene rings is 1. The standard InChI is InChI=1S/C15H18FNO3/c1-9-7-12(13(8-9)15(19)20)14(18)17(2)11-5-3-10(16)4-6-11/h3-6,9,12-13H,7-8H2,1-2H3,(H,19,20). The number of carbonyl (C=O) groups excluding carboxylic acids is 1. The highest BCUT2D eigenvalue weighted by molar-refractivity contribution is 5.97. The first-order valence-corrected chi connectivity index (χ1v) is 6.66. The number of nitrogens with zero attached hydrogens (tertiary/aromatic N) is 1. The first kappa shape index (κ1) is 14.5. The fourth-order valence-electron chi connectivity index (χ4n) is 2.88. The second kappa shape index (κ2) is 5.61. The second-order valence-electron chi connectivity index (χ2n) is 5.50. The molecule has 0 saturated heterocycles. The predicted octanol–water partition coefficient (Wildman–Crippen LogP) is 2.54. The molecule has 3 atom stereocenters. The van der Waals surface area contributed by atoms with Crippen LogP contribution in [-0.4, -0.2) is 24.0 Å². The Balaban J connectivity index is 2.17. The summed E-state index contributed by atoms with van der Waals surface area (Å²) in [5, 5.41) is 9.22. The summed E-state index contributed by atoms with van der Waals surface area (Å²) >= 11 is 0. The average Bonchev–Trinajstić information content (AvgIpc) is 2.80. The number of hydrogen-bond donors (Lipinski definition) is 1. The maximum atomic E-state index is 12.9. The van der Waals surface area contributed by atoms with E-state index in [4.69, 9.17) is 0 Å². The van der Waals surface area contributed by atoms with E-state index in [9.17, 15) is 19.1 Å². The number of halogens is 1. The van der Waals surface area contributed by atoms with Crippen LogP contribution in [0, 0.1) is 23.6 Å². The van der Waals surface area contributed by atoms with Crippen molar-refractivity contribution >= 4 is 17.6 Å². The number of hydrogen-bond acceptors (Lipinski definition) is 2. The summed E-state index contributed by atoms with van der Waals surface area (Å²) in [6, 6.07) is 5.60. The molecule has 108 valence electrons. The van der Waals surface area contributed by atoms with Crippen molar-refractivity contribution in [3.8, 4) is 0 Å². The number of aliphatic carboxylic acids is 1. The van der Waals surface area contributed by atoms with Crippen molar-refractivity contribution in [1.29, 1.82) is 0 Å². The normalized spacial score (nSPS) is 25.4. The largest absolute Gasteiger partial charge is 0.481 e. The molecule has 5 heteroatoms. The van der Waals surface area contributed by atoms with Crippen LogP contribution in [0.4, 0.5) is 10.1 Å². The van der Waals surface area contributed by atoms with Crippen LogP contribution >= 0.6 is 0 Å². The Hall–Kier alpha value is -1.91. The Morgan fingerprint density at radius 3 is 2.30 bits per heavy atom. The Labute approximate surface area is 117 Å². The highest BCUT2D eigenvalue weighted by Gasteiger charge is 2.42. The SMILES string of the molecule is CC1CC(C(=O)O)C(C(=O)N(C)c2ccc(F)cc2)C1. The highest BCUT2D eigenvalue weighted by Crippen LogP contribution is 2.38. The molecule has 0 aromatic heterocycles. The van der Waals surface area contributed by atoms with Crippen molar-refractivity contribution in [3.05, 3.63) is 30.1 Å². The van der Waals surface area contributed by atoms with E-state index in [0.717, 1.165) is 0 Å². The molecule has 0 heterocycles. The van der Waals surface area contributed by atoms with E-state index in [2.05, 4.69) is 0 Å². The fourth-order valence-corrected chi connectivity index (χ4v) is 2.88. The summed E-state index contributed by atoms with van der Waals surface area (Å²) in [6.07, 6.45) is 1.12. The van der Waals surface area contributed by atoms with Crippen LogP contribution < -0.4 is 4.90 Å². The molecule has 1 aliphatic rings. The lowest BCUT2D eigenvalue weighted by Gasteiger charge is -2.23. The summed E-state index contributed by atoms with van der Waals surface area (Å²) in [5.74, 6) is -2.40. The van der Waals surface area contributed by atoms with Gasteiger partial charge in [-0.15, -0.1) is 0 Å². The van der Waals surface area contributed by atoms with Gasteiger partial charge in [0.1, 0.15) is 5.82 Å². The molecule has 3 unspecified atom stereocenters. The van der Waals surface area contributed by atoms with E-state index in [0.29, 0.717) is 18.5 Å². The van der Waals surface area contributed by atoms with E-state index in [1.807, 2.05) is 6.92 Å². The first-order valence-electron chi connectivity index (χ1n) is 6.66. The predicted molar refractivity (Wildman–Crippen MR) is 72.8 cm³/mol. The minimum absolute atomic E-state index is 0.214. The van der Waals surface area contributed by atoms with E-state index >= 15 is 0 Å². The number of rotatable bonds is 3. The van der Waals surface area contributed by atoms with Gasteiger partial charge in [0.15, 0.2) is 0 Å². The smallest absolute Gasteiger partial charge is 0.307 e. The minimum atomic E-state index is -0.916. The molecule has 4 nitrogen and oxygen atoms in total. The molecule has 0 spiro atoms. The van der Waals surface area contributed by atoms with Gasteiger partial charge in [-0.25, -0.2) is 4.39 Å². The van der Waals surface area contributed by atoms with Gasteiger partial charge in [0, 0.05) is 12.7 Å². The van der Waals surface area contributed by atoms with Gasteiger partial charge in [-0.1, -0.05) is 6.92 Å². The number of carboxylic acid groups (broad SMARTS) is 1. The number of anilines is 1. The second-order valence-corrected chi connectivity index (χ2v) is 5.50. The van der Waals surface area contributed by atoms with E-state index in [1.54, 1.807) is 7.05 Å². The maximum absolute atomic E-state index is 12.9. The van der Waals surface area contributed by atoms with E-state index in [1.165, 1.54) is 29.2 Å². The minimum Gasteiger partial charge on any atom is -0.481 e. The fraction of sp³-hybridized carbons (Fsp3) is 0.467. The summed E-state index contributed by atoms with van der Waals surface area (Å²) in [5.41, 5.74) is 0.570. The molecule has 20 heavy (non-hydrogen) atoms. The zero-order chi connectivity index (χ0) is 14.9. The van der Waals surface area contributed by atoms with Crippen molar-refractivity contribution in [2.45, 2.75) is 19.8 Å². The van der Waals surface area contributed by atoms with E-state index < -0.39 is 17.8 Å². The Morgan fingerprint density at radius 2 is 1.75 bits per heavy atom. The zero-order valence-electron chi connectivity index (χ0n) is 11.5. The van der Waals surface area contributed by atoms with Crippen molar-refractivity contribution in [2.75, 3.05) is 11.9 Å². The van der Waals surface area contributed by atoms with Crippen molar-refractivity contribution < 1.29 is 19.1 Å². The molecule has 1 aromatic rings. The van der Waals surface area contributed by atoms with Gasteiger partial charge >= 0.3 is 5.97 Å². The first-order chi connectivity index (χ1) is 9.40. The summed E-state index contributed by atoms with van der Waals surface area (Å²) in [7, 11) is 1.59.